The van der Waals surface area contributed by atoms with Gasteiger partial charge in [-0.25, -0.2) is 0 Å². The normalized spacial score (nSPS) is 13.5. The lowest BCUT2D eigenvalue weighted by molar-refractivity contribution is -0.146. The van der Waals surface area contributed by atoms with Crippen LogP contribution in [0, 0.1) is 5.92 Å². The zero-order valence-corrected chi connectivity index (χ0v) is 24.0. The van der Waals surface area contributed by atoms with Crippen LogP contribution < -0.4 is 14.2 Å². The minimum Gasteiger partial charge on any atom is -0.504 e. The summed E-state index contributed by atoms with van der Waals surface area (Å²) in [6.07, 6.45) is 3.79. The van der Waals surface area contributed by atoms with Crippen molar-refractivity contribution in [2.75, 3.05) is 19.5 Å². The molecular weight excluding hydrogens is 603 g/mol. The highest BCUT2D eigenvalue weighted by Gasteiger charge is 2.26. The van der Waals surface area contributed by atoms with E-state index in [0.29, 0.717) is 35.4 Å². The van der Waals surface area contributed by atoms with Gasteiger partial charge in [-0.1, -0.05) is 41.0 Å². The van der Waals surface area contributed by atoms with Gasteiger partial charge in [-0.2, -0.15) is 8.78 Å². The molecule has 4 rings (SSSR count). The molecule has 0 amide bonds. The molecule has 1 N–H and O–H groups in total. The van der Waals surface area contributed by atoms with Crippen molar-refractivity contribution >= 4 is 46.0 Å². The van der Waals surface area contributed by atoms with Crippen LogP contribution in [0.2, 0.25) is 10.0 Å². The number of aromatic nitrogens is 1. The minimum absolute atomic E-state index is 0.0218. The Morgan fingerprint density at radius 2 is 1.78 bits per heavy atom. The Balaban J connectivity index is 1.54. The summed E-state index contributed by atoms with van der Waals surface area (Å²) in [5.41, 5.74) is 1.03. The van der Waals surface area contributed by atoms with Crippen LogP contribution in [-0.4, -0.2) is 47.3 Å². The Kier molecular flexibility index (Phi) is 10.5. The SMILES string of the molecule is COc1ccc(C(=O)SCC(=O)O[C@@H](Cc2c(Cl)cncc2Cl)c2ccc(OC(F)F)c(OCC3CC3)c2)cc1O. The molecule has 1 atom stereocenters. The molecular formula is C28H25Cl2F2NO7S. The molecule has 1 saturated carbocycles. The number of ether oxygens (including phenoxy) is 4. The van der Waals surface area contributed by atoms with E-state index in [1.807, 2.05) is 0 Å². The number of pyridine rings is 1. The third kappa shape index (κ3) is 8.61. The monoisotopic (exact) mass is 627 g/mol. The molecule has 0 radical (unpaired) electrons. The van der Waals surface area contributed by atoms with E-state index in [1.54, 1.807) is 0 Å². The van der Waals surface area contributed by atoms with Crippen LogP contribution in [0.1, 0.15) is 40.4 Å². The van der Waals surface area contributed by atoms with E-state index in [1.165, 1.54) is 55.9 Å². The van der Waals surface area contributed by atoms with Crippen LogP contribution in [-0.2, 0) is 16.0 Å². The first kappa shape index (κ1) is 30.7. The van der Waals surface area contributed by atoms with E-state index in [0.717, 1.165) is 12.8 Å². The number of aromatic hydroxyl groups is 1. The summed E-state index contributed by atoms with van der Waals surface area (Å²) in [4.78, 5) is 29.5. The van der Waals surface area contributed by atoms with Crippen molar-refractivity contribution in [3.05, 3.63) is 75.5 Å². The molecule has 13 heteroatoms. The van der Waals surface area contributed by atoms with Gasteiger partial charge in [0.25, 0.3) is 0 Å². The zero-order valence-electron chi connectivity index (χ0n) is 21.7. The number of methoxy groups -OCH3 is 1. The number of hydrogen-bond acceptors (Lipinski definition) is 9. The molecule has 218 valence electrons. The minimum atomic E-state index is -3.06. The van der Waals surface area contributed by atoms with E-state index >= 15 is 0 Å². The highest BCUT2D eigenvalue weighted by atomic mass is 35.5. The van der Waals surface area contributed by atoms with Crippen molar-refractivity contribution < 1.29 is 42.4 Å². The van der Waals surface area contributed by atoms with Gasteiger partial charge in [0.2, 0.25) is 5.12 Å². The van der Waals surface area contributed by atoms with Crippen molar-refractivity contribution in [1.82, 2.24) is 4.98 Å². The van der Waals surface area contributed by atoms with Gasteiger partial charge >= 0.3 is 12.6 Å². The highest BCUT2D eigenvalue weighted by Crippen LogP contribution is 2.38. The standard InChI is InChI=1S/C28H25Cl2F2NO7S/c1-37-22-6-5-17(8-21(22)34)27(36)41-14-26(35)39-24(10-18-19(29)11-33-12-20(18)30)16-4-7-23(40-28(31)32)25(9-16)38-13-15-2-3-15/h4-9,11-12,15,24,28,34H,2-3,10,13-14H2,1H3/t24-/m0/s1. The highest BCUT2D eigenvalue weighted by molar-refractivity contribution is 8.14. The van der Waals surface area contributed by atoms with Crippen LogP contribution >= 0.6 is 35.0 Å². The Labute approximate surface area is 248 Å². The fourth-order valence-electron chi connectivity index (χ4n) is 3.79. The molecule has 0 unspecified atom stereocenters. The smallest absolute Gasteiger partial charge is 0.387 e. The number of hydrogen-bond donors (Lipinski definition) is 1. The number of halogens is 4. The van der Waals surface area contributed by atoms with Gasteiger partial charge < -0.3 is 24.1 Å². The molecule has 0 bridgehead atoms. The first-order valence-corrected chi connectivity index (χ1v) is 14.1. The van der Waals surface area contributed by atoms with Crippen LogP contribution in [0.15, 0.2) is 48.8 Å². The summed E-state index contributed by atoms with van der Waals surface area (Å²) >= 11 is 13.3. The van der Waals surface area contributed by atoms with Crippen molar-refractivity contribution in [3.63, 3.8) is 0 Å². The molecule has 0 saturated heterocycles. The van der Waals surface area contributed by atoms with Crippen LogP contribution in [0.3, 0.4) is 0 Å². The Hall–Kier alpha value is -3.28. The third-order valence-electron chi connectivity index (χ3n) is 6.08. The number of nitrogens with zero attached hydrogens (tertiary/aromatic N) is 1. The quantitative estimate of drug-likeness (QED) is 0.203. The average molecular weight is 628 g/mol. The molecule has 8 nitrogen and oxygen atoms in total. The second-order valence-corrected chi connectivity index (χ2v) is 10.8. The Morgan fingerprint density at radius 1 is 1.07 bits per heavy atom. The second kappa shape index (κ2) is 14.1. The molecule has 41 heavy (non-hydrogen) atoms. The van der Waals surface area contributed by atoms with Crippen LogP contribution in [0.4, 0.5) is 8.78 Å². The van der Waals surface area contributed by atoms with E-state index in [2.05, 4.69) is 9.72 Å². The van der Waals surface area contributed by atoms with Gasteiger partial charge in [0.15, 0.2) is 23.0 Å². The zero-order chi connectivity index (χ0) is 29.5. The fourth-order valence-corrected chi connectivity index (χ4v) is 4.92. The maximum atomic E-state index is 13.0. The molecule has 1 fully saturated rings. The van der Waals surface area contributed by atoms with Crippen molar-refractivity contribution in [2.24, 2.45) is 5.92 Å². The number of rotatable bonds is 13. The lowest BCUT2D eigenvalue weighted by atomic mass is 10.0. The topological polar surface area (TPSA) is 104 Å². The number of carbonyl (C=O) groups is 2. The first-order chi connectivity index (χ1) is 19.6. The van der Waals surface area contributed by atoms with Crippen LogP contribution in [0.5, 0.6) is 23.0 Å². The largest absolute Gasteiger partial charge is 0.504 e. The van der Waals surface area contributed by atoms with E-state index in [-0.39, 0.29) is 50.8 Å². The van der Waals surface area contributed by atoms with Gasteiger partial charge in [-0.15, -0.1) is 0 Å². The number of benzene rings is 2. The molecule has 0 spiro atoms. The van der Waals surface area contributed by atoms with Crippen molar-refractivity contribution in [2.45, 2.75) is 32.0 Å². The lowest BCUT2D eigenvalue weighted by Crippen LogP contribution is -2.17. The Bertz CT molecular complexity index is 1390. The lowest BCUT2D eigenvalue weighted by Gasteiger charge is -2.21. The van der Waals surface area contributed by atoms with E-state index in [9.17, 15) is 23.5 Å². The summed E-state index contributed by atoms with van der Waals surface area (Å²) in [6.45, 7) is -2.73. The maximum Gasteiger partial charge on any atom is 0.387 e. The molecule has 3 aromatic rings. The summed E-state index contributed by atoms with van der Waals surface area (Å²) < 4.78 is 47.1. The van der Waals surface area contributed by atoms with Gasteiger partial charge in [0.1, 0.15) is 6.10 Å². The van der Waals surface area contributed by atoms with Crippen molar-refractivity contribution in [1.29, 1.82) is 0 Å². The van der Waals surface area contributed by atoms with E-state index in [4.69, 9.17) is 37.4 Å². The predicted octanol–water partition coefficient (Wildman–Crippen LogP) is 6.89. The summed E-state index contributed by atoms with van der Waals surface area (Å²) in [5.74, 6) is -0.842. The molecule has 1 heterocycles. The van der Waals surface area contributed by atoms with Crippen molar-refractivity contribution in [3.8, 4) is 23.0 Å². The number of alkyl halides is 2. The van der Waals surface area contributed by atoms with Crippen LogP contribution in [0.25, 0.3) is 0 Å². The Morgan fingerprint density at radius 3 is 2.41 bits per heavy atom. The maximum absolute atomic E-state index is 13.0. The molecule has 1 aliphatic rings. The molecule has 2 aromatic carbocycles. The molecule has 0 aliphatic heterocycles. The first-order valence-electron chi connectivity index (χ1n) is 12.4. The number of esters is 1. The third-order valence-corrected chi connectivity index (χ3v) is 7.61. The predicted molar refractivity (Wildman–Crippen MR) is 150 cm³/mol. The molecule has 1 aromatic heterocycles. The van der Waals surface area contributed by atoms with Gasteiger partial charge in [-0.05, 0) is 60.2 Å². The van der Waals surface area contributed by atoms with Gasteiger partial charge in [0.05, 0.1) is 29.5 Å². The summed E-state index contributed by atoms with van der Waals surface area (Å²) in [7, 11) is 1.38. The summed E-state index contributed by atoms with van der Waals surface area (Å²) in [5, 5.41) is 9.96. The summed E-state index contributed by atoms with van der Waals surface area (Å²) in [6, 6.07) is 8.39. The average Bonchev–Trinajstić information content (AvgIpc) is 3.77. The number of phenolic OH excluding ortho intramolecular Hbond substituents is 1. The number of carbonyl (C=O) groups excluding carboxylic acids is 2. The van der Waals surface area contributed by atoms with E-state index < -0.39 is 23.8 Å². The molecule has 1 aliphatic carbocycles. The number of thioether (sulfide) groups is 1. The van der Waals surface area contributed by atoms with Gasteiger partial charge in [0, 0.05) is 24.4 Å². The van der Waals surface area contributed by atoms with Gasteiger partial charge in [-0.3, -0.25) is 14.6 Å². The number of phenols is 1. The fraction of sp³-hybridized carbons (Fsp3) is 0.321. The second-order valence-electron chi connectivity index (χ2n) is 9.07.